The van der Waals surface area contributed by atoms with E-state index in [0.717, 1.165) is 5.92 Å². The van der Waals surface area contributed by atoms with Gasteiger partial charge in [-0.3, -0.25) is 4.90 Å². The summed E-state index contributed by atoms with van der Waals surface area (Å²) in [5.41, 5.74) is 0. The molecule has 1 saturated heterocycles. The highest BCUT2D eigenvalue weighted by atomic mass is 15.2. The first-order valence-corrected chi connectivity index (χ1v) is 7.89. The Morgan fingerprint density at radius 3 is 2.67 bits per heavy atom. The van der Waals surface area contributed by atoms with E-state index in [0.29, 0.717) is 6.04 Å². The summed E-state index contributed by atoms with van der Waals surface area (Å²) in [4.78, 5) is 5.13. The molecule has 1 unspecified atom stereocenters. The van der Waals surface area contributed by atoms with Gasteiger partial charge in [0.1, 0.15) is 0 Å². The summed E-state index contributed by atoms with van der Waals surface area (Å²) >= 11 is 0. The maximum absolute atomic E-state index is 3.67. The average molecular weight is 253 g/mol. The van der Waals surface area contributed by atoms with Crippen LogP contribution in [-0.2, 0) is 0 Å². The Labute approximate surface area is 113 Å². The Morgan fingerprint density at radius 2 is 1.89 bits per heavy atom. The molecule has 18 heavy (non-hydrogen) atoms. The van der Waals surface area contributed by atoms with E-state index in [4.69, 9.17) is 0 Å². The highest BCUT2D eigenvalue weighted by Gasteiger charge is 2.19. The molecule has 1 N–H and O–H groups in total. The zero-order valence-corrected chi connectivity index (χ0v) is 12.3. The van der Waals surface area contributed by atoms with Crippen molar-refractivity contribution in [3.63, 3.8) is 0 Å². The van der Waals surface area contributed by atoms with E-state index in [1.54, 1.807) is 0 Å². The van der Waals surface area contributed by atoms with Crippen LogP contribution in [0, 0.1) is 5.92 Å². The van der Waals surface area contributed by atoms with E-state index in [1.165, 1.54) is 71.4 Å². The van der Waals surface area contributed by atoms with Crippen molar-refractivity contribution in [1.82, 2.24) is 15.1 Å². The molecule has 0 bridgehead atoms. The van der Waals surface area contributed by atoms with Crippen LogP contribution in [0.1, 0.15) is 39.0 Å². The highest BCUT2D eigenvalue weighted by Crippen LogP contribution is 2.23. The number of hydrogen-bond donors (Lipinski definition) is 1. The van der Waals surface area contributed by atoms with Crippen molar-refractivity contribution in [3.8, 4) is 0 Å². The van der Waals surface area contributed by atoms with E-state index in [9.17, 15) is 0 Å². The van der Waals surface area contributed by atoms with Crippen molar-refractivity contribution in [2.45, 2.75) is 45.1 Å². The number of likely N-dealkylation sites (N-methyl/N-ethyl adjacent to an activating group) is 1. The molecule has 0 aromatic rings. The maximum Gasteiger partial charge on any atom is 0.0195 e. The van der Waals surface area contributed by atoms with Gasteiger partial charge in [-0.25, -0.2) is 0 Å². The topological polar surface area (TPSA) is 18.5 Å². The van der Waals surface area contributed by atoms with Gasteiger partial charge < -0.3 is 10.2 Å². The first-order valence-electron chi connectivity index (χ1n) is 7.89. The highest BCUT2D eigenvalue weighted by molar-refractivity contribution is 4.76. The van der Waals surface area contributed by atoms with Crippen molar-refractivity contribution >= 4 is 0 Å². The van der Waals surface area contributed by atoms with E-state index >= 15 is 0 Å². The first-order chi connectivity index (χ1) is 8.75. The van der Waals surface area contributed by atoms with Gasteiger partial charge in [0.15, 0.2) is 0 Å². The van der Waals surface area contributed by atoms with Crippen LogP contribution >= 0.6 is 0 Å². The van der Waals surface area contributed by atoms with Crippen LogP contribution in [0.3, 0.4) is 0 Å². The fraction of sp³-hybridized carbons (Fsp3) is 1.00. The third-order valence-corrected chi connectivity index (χ3v) is 4.67. The fourth-order valence-corrected chi connectivity index (χ4v) is 3.50. The van der Waals surface area contributed by atoms with Gasteiger partial charge in [0.2, 0.25) is 0 Å². The molecule has 106 valence electrons. The smallest absolute Gasteiger partial charge is 0.0195 e. The quantitative estimate of drug-likeness (QED) is 0.754. The monoisotopic (exact) mass is 253 g/mol. The van der Waals surface area contributed by atoms with Crippen LogP contribution in [0.25, 0.3) is 0 Å². The van der Waals surface area contributed by atoms with Gasteiger partial charge >= 0.3 is 0 Å². The van der Waals surface area contributed by atoms with Crippen molar-refractivity contribution in [1.29, 1.82) is 0 Å². The Bertz CT molecular complexity index is 226. The third kappa shape index (κ3) is 4.52. The van der Waals surface area contributed by atoms with Crippen LogP contribution in [0.4, 0.5) is 0 Å². The lowest BCUT2D eigenvalue weighted by molar-refractivity contribution is 0.202. The summed E-state index contributed by atoms with van der Waals surface area (Å²) in [5.74, 6) is 0.970. The zero-order valence-electron chi connectivity index (χ0n) is 12.3. The minimum atomic E-state index is 0.714. The molecule has 2 aliphatic rings. The summed E-state index contributed by atoms with van der Waals surface area (Å²) in [6.45, 7) is 9.78. The molecule has 3 nitrogen and oxygen atoms in total. The van der Waals surface area contributed by atoms with E-state index < -0.39 is 0 Å². The summed E-state index contributed by atoms with van der Waals surface area (Å²) in [6, 6.07) is 0.714. The number of nitrogens with one attached hydrogen (secondary N) is 1. The van der Waals surface area contributed by atoms with E-state index in [2.05, 4.69) is 29.1 Å². The lowest BCUT2D eigenvalue weighted by Gasteiger charge is -2.28. The minimum Gasteiger partial charge on any atom is -0.315 e. The van der Waals surface area contributed by atoms with Gasteiger partial charge in [-0.05, 0) is 58.8 Å². The van der Waals surface area contributed by atoms with E-state index in [-0.39, 0.29) is 0 Å². The Hall–Kier alpha value is -0.120. The molecule has 1 saturated carbocycles. The second-order valence-corrected chi connectivity index (χ2v) is 6.36. The minimum absolute atomic E-state index is 0.714. The standard InChI is InChI=1S/C15H31N3/c1-14-13-17(2)9-5-10-18(14)11-8-16-12-15-6-3-4-7-15/h14-16H,3-13H2,1-2H3. The fourth-order valence-electron chi connectivity index (χ4n) is 3.50. The lowest BCUT2D eigenvalue weighted by atomic mass is 10.1. The van der Waals surface area contributed by atoms with E-state index in [1.807, 2.05) is 0 Å². The van der Waals surface area contributed by atoms with Crippen molar-refractivity contribution in [2.75, 3.05) is 46.3 Å². The number of rotatable bonds is 5. The van der Waals surface area contributed by atoms with Crippen LogP contribution in [0.2, 0.25) is 0 Å². The van der Waals surface area contributed by atoms with Crippen molar-refractivity contribution in [2.24, 2.45) is 5.92 Å². The molecule has 2 fully saturated rings. The molecule has 0 amide bonds. The Kier molecular flexibility index (Phi) is 5.93. The Balaban J connectivity index is 1.59. The molecule has 1 atom stereocenters. The van der Waals surface area contributed by atoms with Crippen molar-refractivity contribution < 1.29 is 0 Å². The zero-order chi connectivity index (χ0) is 12.8. The predicted molar refractivity (Wildman–Crippen MR) is 78.0 cm³/mol. The van der Waals surface area contributed by atoms with Gasteiger partial charge in [-0.15, -0.1) is 0 Å². The Morgan fingerprint density at radius 1 is 1.11 bits per heavy atom. The molecule has 0 spiro atoms. The molecule has 0 aromatic heterocycles. The predicted octanol–water partition coefficient (Wildman–Crippen LogP) is 1.79. The third-order valence-electron chi connectivity index (χ3n) is 4.67. The molecule has 1 aliphatic carbocycles. The molecule has 0 radical (unpaired) electrons. The molecule has 2 rings (SSSR count). The van der Waals surface area contributed by atoms with Gasteiger partial charge in [0.05, 0.1) is 0 Å². The molecule has 1 heterocycles. The molecular formula is C15H31N3. The average Bonchev–Trinajstić information content (AvgIpc) is 2.79. The normalized spacial score (nSPS) is 28.7. The summed E-state index contributed by atoms with van der Waals surface area (Å²) in [6.07, 6.45) is 7.16. The van der Waals surface area contributed by atoms with Crippen LogP contribution in [0.5, 0.6) is 0 Å². The summed E-state index contributed by atoms with van der Waals surface area (Å²) in [5, 5.41) is 3.67. The molecular weight excluding hydrogens is 222 g/mol. The molecule has 1 aliphatic heterocycles. The van der Waals surface area contributed by atoms with Crippen LogP contribution in [0.15, 0.2) is 0 Å². The van der Waals surface area contributed by atoms with Gasteiger partial charge in [-0.1, -0.05) is 12.8 Å². The first kappa shape index (κ1) is 14.3. The SMILES string of the molecule is CC1CN(C)CCCN1CCNCC1CCCC1. The van der Waals surface area contributed by atoms with Gasteiger partial charge in [-0.2, -0.15) is 0 Å². The second kappa shape index (κ2) is 7.46. The summed E-state index contributed by atoms with van der Waals surface area (Å²) < 4.78 is 0. The van der Waals surface area contributed by atoms with Gasteiger partial charge in [0.25, 0.3) is 0 Å². The maximum atomic E-state index is 3.67. The van der Waals surface area contributed by atoms with Crippen LogP contribution < -0.4 is 5.32 Å². The summed E-state index contributed by atoms with van der Waals surface area (Å²) in [7, 11) is 2.25. The lowest BCUT2D eigenvalue weighted by Crippen LogP contribution is -2.41. The number of hydrogen-bond acceptors (Lipinski definition) is 3. The largest absolute Gasteiger partial charge is 0.315 e. The molecule has 0 aromatic carbocycles. The van der Waals surface area contributed by atoms with Gasteiger partial charge in [0, 0.05) is 25.7 Å². The second-order valence-electron chi connectivity index (χ2n) is 6.36. The number of nitrogens with zero attached hydrogens (tertiary/aromatic N) is 2. The van der Waals surface area contributed by atoms with Crippen LogP contribution in [-0.4, -0.2) is 62.2 Å². The van der Waals surface area contributed by atoms with Crippen molar-refractivity contribution in [3.05, 3.63) is 0 Å². The molecule has 3 heteroatoms.